The molecule has 3 rings (SSSR count). The standard InChI is InChI=1S/C27H31N3O2/c1-5-28(2)23-17-15-22(16-18-23)26(31)30(4)25-14-10-9-13-24(25)27(32)29(3)20-19-21-11-7-6-8-12-21/h6-18H,5,19-20H2,1-4H3. The SMILES string of the molecule is CCN(C)c1ccc(C(=O)N(C)c2ccccc2C(=O)N(C)CCc2ccccc2)cc1. The molecule has 5 heteroatoms. The maximum absolute atomic E-state index is 13.2. The quantitative estimate of drug-likeness (QED) is 0.520. The number of carbonyl (C=O) groups is 2. The van der Waals surface area contributed by atoms with Crippen molar-refractivity contribution in [1.82, 2.24) is 4.90 Å². The molecule has 0 N–H and O–H groups in total. The minimum Gasteiger partial charge on any atom is -0.375 e. The zero-order chi connectivity index (χ0) is 23.1. The Morgan fingerprint density at radius 2 is 1.38 bits per heavy atom. The molecule has 3 aromatic carbocycles. The minimum atomic E-state index is -0.150. The average Bonchev–Trinajstić information content (AvgIpc) is 2.86. The van der Waals surface area contributed by atoms with Crippen molar-refractivity contribution < 1.29 is 9.59 Å². The van der Waals surface area contributed by atoms with E-state index in [0.29, 0.717) is 23.4 Å². The van der Waals surface area contributed by atoms with Gasteiger partial charge in [-0.05, 0) is 55.3 Å². The van der Waals surface area contributed by atoms with E-state index in [-0.39, 0.29) is 11.8 Å². The molecular weight excluding hydrogens is 398 g/mol. The highest BCUT2D eigenvalue weighted by Gasteiger charge is 2.21. The van der Waals surface area contributed by atoms with E-state index in [2.05, 4.69) is 24.0 Å². The summed E-state index contributed by atoms with van der Waals surface area (Å²) in [6.45, 7) is 3.57. The molecule has 3 aromatic rings. The predicted molar refractivity (Wildman–Crippen MR) is 132 cm³/mol. The van der Waals surface area contributed by atoms with Crippen LogP contribution in [-0.4, -0.2) is 50.9 Å². The van der Waals surface area contributed by atoms with Gasteiger partial charge in [-0.2, -0.15) is 0 Å². The van der Waals surface area contributed by atoms with Gasteiger partial charge in [0.25, 0.3) is 11.8 Å². The van der Waals surface area contributed by atoms with Crippen LogP contribution in [0.3, 0.4) is 0 Å². The smallest absolute Gasteiger partial charge is 0.258 e. The third-order valence-corrected chi connectivity index (χ3v) is 5.76. The first kappa shape index (κ1) is 23.1. The Balaban J connectivity index is 1.75. The summed E-state index contributed by atoms with van der Waals surface area (Å²) in [6.07, 6.45) is 0.776. The molecule has 0 aliphatic rings. The van der Waals surface area contributed by atoms with Crippen LogP contribution in [-0.2, 0) is 6.42 Å². The average molecular weight is 430 g/mol. The monoisotopic (exact) mass is 429 g/mol. The van der Waals surface area contributed by atoms with Crippen LogP contribution in [0.5, 0.6) is 0 Å². The number of likely N-dealkylation sites (N-methyl/N-ethyl adjacent to an activating group) is 1. The van der Waals surface area contributed by atoms with E-state index in [1.54, 1.807) is 30.0 Å². The van der Waals surface area contributed by atoms with Crippen LogP contribution in [0.4, 0.5) is 11.4 Å². The number of rotatable bonds is 8. The Labute approximate surface area is 190 Å². The summed E-state index contributed by atoms with van der Waals surface area (Å²) in [5, 5.41) is 0. The molecular formula is C27H31N3O2. The van der Waals surface area contributed by atoms with E-state index in [9.17, 15) is 9.59 Å². The number of benzene rings is 3. The van der Waals surface area contributed by atoms with Gasteiger partial charge in [0, 0.05) is 45.5 Å². The normalized spacial score (nSPS) is 10.5. The highest BCUT2D eigenvalue weighted by molar-refractivity contribution is 6.10. The van der Waals surface area contributed by atoms with E-state index in [4.69, 9.17) is 0 Å². The molecule has 0 radical (unpaired) electrons. The fourth-order valence-corrected chi connectivity index (χ4v) is 3.54. The molecule has 0 aromatic heterocycles. The van der Waals surface area contributed by atoms with Crippen molar-refractivity contribution in [1.29, 1.82) is 0 Å². The summed E-state index contributed by atoms with van der Waals surface area (Å²) in [5.41, 5.74) is 3.94. The van der Waals surface area contributed by atoms with Crippen LogP contribution in [0.15, 0.2) is 78.9 Å². The Morgan fingerprint density at radius 3 is 2.03 bits per heavy atom. The van der Waals surface area contributed by atoms with E-state index in [1.165, 1.54) is 5.56 Å². The summed E-state index contributed by atoms with van der Waals surface area (Å²) in [7, 11) is 5.52. The van der Waals surface area contributed by atoms with Crippen LogP contribution >= 0.6 is 0 Å². The van der Waals surface area contributed by atoms with Crippen molar-refractivity contribution in [2.75, 3.05) is 44.0 Å². The lowest BCUT2D eigenvalue weighted by atomic mass is 10.1. The molecule has 0 saturated carbocycles. The highest BCUT2D eigenvalue weighted by Crippen LogP contribution is 2.23. The zero-order valence-corrected chi connectivity index (χ0v) is 19.3. The molecule has 0 spiro atoms. The number of hydrogen-bond donors (Lipinski definition) is 0. The lowest BCUT2D eigenvalue weighted by Gasteiger charge is -2.24. The van der Waals surface area contributed by atoms with Crippen molar-refractivity contribution in [2.45, 2.75) is 13.3 Å². The highest BCUT2D eigenvalue weighted by atomic mass is 16.2. The van der Waals surface area contributed by atoms with Gasteiger partial charge in [0.15, 0.2) is 0 Å². The molecule has 5 nitrogen and oxygen atoms in total. The molecule has 0 saturated heterocycles. The van der Waals surface area contributed by atoms with Crippen molar-refractivity contribution in [2.24, 2.45) is 0 Å². The Hall–Kier alpha value is -3.60. The Bertz CT molecular complexity index is 1050. The van der Waals surface area contributed by atoms with Gasteiger partial charge >= 0.3 is 0 Å². The number of hydrogen-bond acceptors (Lipinski definition) is 3. The number of anilines is 2. The summed E-state index contributed by atoms with van der Waals surface area (Å²) < 4.78 is 0. The number of para-hydroxylation sites is 1. The van der Waals surface area contributed by atoms with Crippen molar-refractivity contribution in [3.63, 3.8) is 0 Å². The molecule has 0 heterocycles. The van der Waals surface area contributed by atoms with Crippen LogP contribution in [0.1, 0.15) is 33.2 Å². The predicted octanol–water partition coefficient (Wildman–Crippen LogP) is 4.73. The molecule has 0 aliphatic carbocycles. The van der Waals surface area contributed by atoms with E-state index in [0.717, 1.165) is 18.7 Å². The number of amides is 2. The Kier molecular flexibility index (Phi) is 7.66. The summed E-state index contributed by atoms with van der Waals surface area (Å²) in [4.78, 5) is 31.7. The third kappa shape index (κ3) is 5.35. The Morgan fingerprint density at radius 1 is 0.750 bits per heavy atom. The first-order chi connectivity index (χ1) is 15.4. The van der Waals surface area contributed by atoms with E-state index < -0.39 is 0 Å². The van der Waals surface area contributed by atoms with E-state index in [1.807, 2.05) is 67.7 Å². The molecule has 32 heavy (non-hydrogen) atoms. The van der Waals surface area contributed by atoms with Gasteiger partial charge in [0.1, 0.15) is 0 Å². The van der Waals surface area contributed by atoms with Crippen molar-refractivity contribution in [3.05, 3.63) is 95.6 Å². The largest absolute Gasteiger partial charge is 0.375 e. The van der Waals surface area contributed by atoms with Crippen molar-refractivity contribution >= 4 is 23.2 Å². The first-order valence-electron chi connectivity index (χ1n) is 10.9. The topological polar surface area (TPSA) is 43.9 Å². The van der Waals surface area contributed by atoms with E-state index >= 15 is 0 Å². The molecule has 0 atom stereocenters. The lowest BCUT2D eigenvalue weighted by Crippen LogP contribution is -2.32. The molecule has 0 aliphatic heterocycles. The van der Waals surface area contributed by atoms with Crippen LogP contribution in [0.25, 0.3) is 0 Å². The third-order valence-electron chi connectivity index (χ3n) is 5.76. The van der Waals surface area contributed by atoms with Crippen LogP contribution in [0.2, 0.25) is 0 Å². The first-order valence-corrected chi connectivity index (χ1v) is 10.9. The second kappa shape index (κ2) is 10.6. The van der Waals surface area contributed by atoms with Crippen LogP contribution < -0.4 is 9.80 Å². The van der Waals surface area contributed by atoms with Gasteiger partial charge in [0.2, 0.25) is 0 Å². The fraction of sp³-hybridized carbons (Fsp3) is 0.259. The van der Waals surface area contributed by atoms with Gasteiger partial charge in [-0.1, -0.05) is 42.5 Å². The summed E-state index contributed by atoms with van der Waals surface area (Å²) in [5.74, 6) is -0.251. The van der Waals surface area contributed by atoms with Crippen LogP contribution in [0, 0.1) is 0 Å². The van der Waals surface area contributed by atoms with Gasteiger partial charge in [-0.3, -0.25) is 9.59 Å². The maximum atomic E-state index is 13.2. The van der Waals surface area contributed by atoms with Gasteiger partial charge in [0.05, 0.1) is 11.3 Å². The van der Waals surface area contributed by atoms with Gasteiger partial charge < -0.3 is 14.7 Å². The molecule has 0 bridgehead atoms. The van der Waals surface area contributed by atoms with Crippen molar-refractivity contribution in [3.8, 4) is 0 Å². The number of carbonyl (C=O) groups excluding carboxylic acids is 2. The summed E-state index contributed by atoms with van der Waals surface area (Å²) >= 11 is 0. The molecule has 166 valence electrons. The van der Waals surface area contributed by atoms with Gasteiger partial charge in [-0.15, -0.1) is 0 Å². The maximum Gasteiger partial charge on any atom is 0.258 e. The number of nitrogens with zero attached hydrogens (tertiary/aromatic N) is 3. The fourth-order valence-electron chi connectivity index (χ4n) is 3.54. The second-order valence-electron chi connectivity index (χ2n) is 7.90. The molecule has 2 amide bonds. The zero-order valence-electron chi connectivity index (χ0n) is 19.3. The molecule has 0 fully saturated rings. The molecule has 0 unspecified atom stereocenters. The second-order valence-corrected chi connectivity index (χ2v) is 7.90. The summed E-state index contributed by atoms with van der Waals surface area (Å²) in [6, 6.07) is 24.9. The minimum absolute atomic E-state index is 0.101. The van der Waals surface area contributed by atoms with Gasteiger partial charge in [-0.25, -0.2) is 0 Å². The lowest BCUT2D eigenvalue weighted by molar-refractivity contribution is 0.0797.